The molecule has 0 amide bonds. The summed E-state index contributed by atoms with van der Waals surface area (Å²) in [4.78, 5) is 22.8. The number of carbonyl (C=O) groups is 1. The molecule has 1 atom stereocenters. The highest BCUT2D eigenvalue weighted by Gasteiger charge is 2.30. The van der Waals surface area contributed by atoms with E-state index in [0.717, 1.165) is 22.9 Å². The van der Waals surface area contributed by atoms with Gasteiger partial charge >= 0.3 is 17.8 Å². The molecule has 0 saturated carbocycles. The number of benzene rings is 4. The van der Waals surface area contributed by atoms with E-state index < -0.39 is 28.6 Å². The molecule has 0 bridgehead atoms. The lowest BCUT2D eigenvalue weighted by molar-refractivity contribution is -0.385. The summed E-state index contributed by atoms with van der Waals surface area (Å²) in [6.45, 7) is 1.31. The van der Waals surface area contributed by atoms with Crippen LogP contribution in [0.1, 0.15) is 23.6 Å². The fourth-order valence-electron chi connectivity index (χ4n) is 4.03. The molecule has 0 spiro atoms. The lowest BCUT2D eigenvalue weighted by atomic mass is 9.94. The Kier molecular flexibility index (Phi) is 7.15. The SMILES string of the molecule is CC(Cc1cc(-c2ccc3ccccc3c2)c(OCc2ccc(C(F)(F)F)cc2)c([N+](=O)[O-])c1)C(=O)O. The molecule has 0 aromatic heterocycles. The average Bonchev–Trinajstić information content (AvgIpc) is 2.86. The van der Waals surface area contributed by atoms with Gasteiger partial charge in [0.15, 0.2) is 0 Å². The number of nitrogens with zero attached hydrogens (tertiary/aromatic N) is 1. The quantitative estimate of drug-likeness (QED) is 0.199. The Bertz CT molecular complexity index is 1470. The van der Waals surface area contributed by atoms with Crippen LogP contribution in [-0.4, -0.2) is 16.0 Å². The van der Waals surface area contributed by atoms with Gasteiger partial charge < -0.3 is 9.84 Å². The predicted molar refractivity (Wildman–Crippen MR) is 132 cm³/mol. The van der Waals surface area contributed by atoms with Crippen molar-refractivity contribution in [3.05, 3.63) is 106 Å². The molecule has 0 fully saturated rings. The molecule has 37 heavy (non-hydrogen) atoms. The zero-order valence-corrected chi connectivity index (χ0v) is 19.7. The van der Waals surface area contributed by atoms with Crippen molar-refractivity contribution in [2.45, 2.75) is 26.1 Å². The number of hydrogen-bond donors (Lipinski definition) is 1. The smallest absolute Gasteiger partial charge is 0.416 e. The Morgan fingerprint density at radius 2 is 1.65 bits per heavy atom. The fraction of sp³-hybridized carbons (Fsp3) is 0.179. The Hall–Kier alpha value is -4.40. The van der Waals surface area contributed by atoms with E-state index in [4.69, 9.17) is 4.74 Å². The lowest BCUT2D eigenvalue weighted by Crippen LogP contribution is -2.12. The van der Waals surface area contributed by atoms with Crippen LogP contribution in [0, 0.1) is 16.0 Å². The number of alkyl halides is 3. The monoisotopic (exact) mass is 509 g/mol. The second kappa shape index (κ2) is 10.3. The molecule has 0 radical (unpaired) electrons. The first-order chi connectivity index (χ1) is 17.5. The topological polar surface area (TPSA) is 89.7 Å². The molecule has 4 aromatic rings. The van der Waals surface area contributed by atoms with E-state index in [1.165, 1.54) is 25.1 Å². The molecule has 0 aliphatic carbocycles. The molecular formula is C28H22F3NO5. The molecule has 1 unspecified atom stereocenters. The van der Waals surface area contributed by atoms with E-state index >= 15 is 0 Å². The van der Waals surface area contributed by atoms with Crippen LogP contribution in [0.5, 0.6) is 5.75 Å². The normalized spacial score (nSPS) is 12.3. The van der Waals surface area contributed by atoms with Crippen molar-refractivity contribution in [3.63, 3.8) is 0 Å². The van der Waals surface area contributed by atoms with Crippen LogP contribution in [0.3, 0.4) is 0 Å². The van der Waals surface area contributed by atoms with E-state index in [2.05, 4.69) is 0 Å². The summed E-state index contributed by atoms with van der Waals surface area (Å²) >= 11 is 0. The number of ether oxygens (including phenoxy) is 1. The zero-order chi connectivity index (χ0) is 26.7. The number of carboxylic acids is 1. The second-order valence-corrected chi connectivity index (χ2v) is 8.74. The van der Waals surface area contributed by atoms with Crippen LogP contribution >= 0.6 is 0 Å². The number of hydrogen-bond acceptors (Lipinski definition) is 4. The molecule has 9 heteroatoms. The second-order valence-electron chi connectivity index (χ2n) is 8.74. The molecule has 190 valence electrons. The van der Waals surface area contributed by atoms with Gasteiger partial charge in [-0.3, -0.25) is 14.9 Å². The summed E-state index contributed by atoms with van der Waals surface area (Å²) < 4.78 is 44.6. The molecule has 6 nitrogen and oxygen atoms in total. The van der Waals surface area contributed by atoms with Crippen molar-refractivity contribution in [2.75, 3.05) is 0 Å². The Morgan fingerprint density at radius 1 is 0.973 bits per heavy atom. The van der Waals surface area contributed by atoms with Crippen molar-refractivity contribution in [3.8, 4) is 16.9 Å². The third kappa shape index (κ3) is 5.88. The average molecular weight is 509 g/mol. The number of nitro benzene ring substituents is 1. The van der Waals surface area contributed by atoms with Gasteiger partial charge in [0.2, 0.25) is 5.75 Å². The molecule has 0 aliphatic heterocycles. The van der Waals surface area contributed by atoms with E-state index in [1.54, 1.807) is 12.1 Å². The molecule has 0 aliphatic rings. The van der Waals surface area contributed by atoms with Gasteiger partial charge in [-0.2, -0.15) is 13.2 Å². The third-order valence-electron chi connectivity index (χ3n) is 6.01. The van der Waals surface area contributed by atoms with Crippen molar-refractivity contribution in [1.29, 1.82) is 0 Å². The first kappa shape index (κ1) is 25.7. The van der Waals surface area contributed by atoms with Crippen molar-refractivity contribution < 1.29 is 32.7 Å². The van der Waals surface area contributed by atoms with E-state index in [0.29, 0.717) is 22.3 Å². The summed E-state index contributed by atoms with van der Waals surface area (Å²) in [6, 6.07) is 20.4. The van der Waals surface area contributed by atoms with Crippen molar-refractivity contribution in [2.24, 2.45) is 5.92 Å². The van der Waals surface area contributed by atoms with Crippen LogP contribution in [0.15, 0.2) is 78.9 Å². The third-order valence-corrected chi connectivity index (χ3v) is 6.01. The lowest BCUT2D eigenvalue weighted by Gasteiger charge is -2.16. The Balaban J connectivity index is 1.79. The van der Waals surface area contributed by atoms with Crippen molar-refractivity contribution >= 4 is 22.4 Å². The standard InChI is InChI=1S/C28H22F3NO5/c1-17(27(33)34)12-19-13-24(22-9-8-20-4-2-3-5-21(20)15-22)26(25(14-19)32(35)36)37-16-18-6-10-23(11-7-18)28(29,30)31/h2-11,13-15,17H,12,16H2,1H3,(H,33,34). The molecule has 0 heterocycles. The number of aliphatic carboxylic acids is 1. The van der Waals surface area contributed by atoms with Gasteiger partial charge in [-0.25, -0.2) is 0 Å². The highest BCUT2D eigenvalue weighted by atomic mass is 19.4. The summed E-state index contributed by atoms with van der Waals surface area (Å²) in [5.41, 5.74) is 0.691. The molecular weight excluding hydrogens is 487 g/mol. The van der Waals surface area contributed by atoms with Crippen LogP contribution in [0.25, 0.3) is 21.9 Å². The first-order valence-corrected chi connectivity index (χ1v) is 11.3. The molecule has 4 rings (SSSR count). The van der Waals surface area contributed by atoms with Crippen LogP contribution < -0.4 is 4.74 Å². The van der Waals surface area contributed by atoms with Crippen LogP contribution in [0.2, 0.25) is 0 Å². The minimum Gasteiger partial charge on any atom is -0.482 e. The summed E-state index contributed by atoms with van der Waals surface area (Å²) in [5, 5.41) is 23.2. The number of halogens is 3. The van der Waals surface area contributed by atoms with E-state index in [9.17, 15) is 33.2 Å². The first-order valence-electron chi connectivity index (χ1n) is 11.3. The molecule has 1 N–H and O–H groups in total. The highest BCUT2D eigenvalue weighted by Crippen LogP contribution is 2.41. The van der Waals surface area contributed by atoms with Gasteiger partial charge in [0, 0.05) is 11.6 Å². The molecule has 4 aromatic carbocycles. The van der Waals surface area contributed by atoms with Gasteiger partial charge in [-0.15, -0.1) is 0 Å². The Labute approximate surface area is 210 Å². The number of rotatable bonds is 8. The van der Waals surface area contributed by atoms with Gasteiger partial charge in [0.1, 0.15) is 6.61 Å². The fourth-order valence-corrected chi connectivity index (χ4v) is 4.03. The maximum atomic E-state index is 12.9. The predicted octanol–water partition coefficient (Wildman–Crippen LogP) is 7.28. The highest BCUT2D eigenvalue weighted by molar-refractivity contribution is 5.89. The van der Waals surface area contributed by atoms with Gasteiger partial charge in [0.05, 0.1) is 16.4 Å². The maximum Gasteiger partial charge on any atom is 0.416 e. The van der Waals surface area contributed by atoms with Crippen LogP contribution in [0.4, 0.5) is 18.9 Å². The minimum atomic E-state index is -4.48. The summed E-state index contributed by atoms with van der Waals surface area (Å²) in [6.07, 6.45) is -4.42. The largest absolute Gasteiger partial charge is 0.482 e. The Morgan fingerprint density at radius 3 is 2.27 bits per heavy atom. The number of carboxylic acid groups (broad SMARTS) is 1. The maximum absolute atomic E-state index is 12.9. The summed E-state index contributed by atoms with van der Waals surface area (Å²) in [7, 11) is 0. The molecule has 0 saturated heterocycles. The van der Waals surface area contributed by atoms with E-state index in [1.807, 2.05) is 36.4 Å². The van der Waals surface area contributed by atoms with Gasteiger partial charge in [-0.05, 0) is 58.1 Å². The zero-order valence-electron chi connectivity index (χ0n) is 19.7. The van der Waals surface area contributed by atoms with E-state index in [-0.39, 0.29) is 24.5 Å². The van der Waals surface area contributed by atoms with Crippen LogP contribution in [-0.2, 0) is 24.0 Å². The minimum absolute atomic E-state index is 0.0492. The number of nitro groups is 1. The number of fused-ring (bicyclic) bond motifs is 1. The summed E-state index contributed by atoms with van der Waals surface area (Å²) in [5.74, 6) is -1.85. The van der Waals surface area contributed by atoms with Gasteiger partial charge in [-0.1, -0.05) is 55.5 Å². The van der Waals surface area contributed by atoms with Gasteiger partial charge in [0.25, 0.3) is 0 Å². The van der Waals surface area contributed by atoms with Crippen molar-refractivity contribution in [1.82, 2.24) is 0 Å².